The molecule has 2 aromatic carbocycles. The van der Waals surface area contributed by atoms with Gasteiger partial charge in [-0.05, 0) is 119 Å². The van der Waals surface area contributed by atoms with E-state index in [9.17, 15) is 62.3 Å². The van der Waals surface area contributed by atoms with Crippen LogP contribution in [-0.2, 0) is 75.2 Å². The molecule has 13 amide bonds. The van der Waals surface area contributed by atoms with E-state index in [2.05, 4.69) is 47.5 Å². The van der Waals surface area contributed by atoms with E-state index in [1.54, 1.807) is 60.7 Å². The molecule has 2 heterocycles. The van der Waals surface area contributed by atoms with Crippen LogP contribution < -0.4 is 82.7 Å². The largest absolute Gasteiger partial charge is 0.370 e. The minimum Gasteiger partial charge on any atom is -0.370 e. The molecule has 2 saturated heterocycles. The van der Waals surface area contributed by atoms with Crippen LogP contribution in [0.4, 0.5) is 0 Å². The van der Waals surface area contributed by atoms with Crippen LogP contribution >= 0.6 is 11.8 Å². The molecule has 22 N–H and O–H groups in total. The molecule has 2 aromatic rings. The Hall–Kier alpha value is -8.91. The lowest BCUT2D eigenvalue weighted by Crippen LogP contribution is -2.60. The Morgan fingerprint density at radius 3 is 1.51 bits per heavy atom. The number of hydrogen-bond acceptors (Lipinski definition) is 17. The minimum atomic E-state index is -1.64. The molecule has 524 valence electrons. The highest BCUT2D eigenvalue weighted by Gasteiger charge is 2.42. The summed E-state index contributed by atoms with van der Waals surface area (Å²) in [7, 11) is 0. The zero-order valence-corrected chi connectivity index (χ0v) is 55.3. The van der Waals surface area contributed by atoms with Crippen LogP contribution in [0.3, 0.4) is 0 Å². The van der Waals surface area contributed by atoms with Crippen molar-refractivity contribution in [2.24, 2.45) is 51.0 Å². The Morgan fingerprint density at radius 2 is 1.01 bits per heavy atom. The molecule has 2 aliphatic heterocycles. The van der Waals surface area contributed by atoms with Gasteiger partial charge in [-0.25, -0.2) is 0 Å². The van der Waals surface area contributed by atoms with Crippen molar-refractivity contribution in [2.75, 3.05) is 44.7 Å². The number of amides is 13. The number of benzene rings is 2. The Bertz CT molecular complexity index is 2960. The number of unbranched alkanes of at least 4 members (excludes halogenated alkanes) is 1. The molecule has 32 heteroatoms. The highest BCUT2D eigenvalue weighted by atomic mass is 32.2. The van der Waals surface area contributed by atoms with Crippen molar-refractivity contribution in [3.8, 4) is 0 Å². The summed E-state index contributed by atoms with van der Waals surface area (Å²) in [6.07, 6.45) is 3.12. The lowest BCUT2D eigenvalue weighted by atomic mass is 10.0. The van der Waals surface area contributed by atoms with E-state index >= 15 is 0 Å². The van der Waals surface area contributed by atoms with Crippen LogP contribution in [0.1, 0.15) is 121 Å². The lowest BCUT2D eigenvalue weighted by molar-refractivity contribution is -0.144. The molecule has 0 aliphatic carbocycles. The van der Waals surface area contributed by atoms with Gasteiger partial charge in [-0.15, -0.1) is 0 Å². The highest BCUT2D eigenvalue weighted by molar-refractivity contribution is 7.98. The molecule has 31 nitrogen and oxygen atoms in total. The third-order valence-corrected chi connectivity index (χ3v) is 16.7. The Kier molecular flexibility index (Phi) is 33.9. The highest BCUT2D eigenvalue weighted by Crippen LogP contribution is 2.24. The average molecular weight is 1350 g/mol. The van der Waals surface area contributed by atoms with E-state index in [1.165, 1.54) is 21.6 Å². The first-order valence-electron chi connectivity index (χ1n) is 32.2. The second kappa shape index (κ2) is 41.0. The van der Waals surface area contributed by atoms with Crippen molar-refractivity contribution in [1.82, 2.24) is 52.3 Å². The van der Waals surface area contributed by atoms with E-state index < -0.39 is 169 Å². The second-order valence-electron chi connectivity index (χ2n) is 24.1. The number of aliphatic imine (C=N–C) groups is 1. The van der Waals surface area contributed by atoms with Crippen molar-refractivity contribution in [1.29, 1.82) is 0 Å². The predicted molar refractivity (Wildman–Crippen MR) is 356 cm³/mol. The van der Waals surface area contributed by atoms with Crippen LogP contribution in [0.5, 0.6) is 0 Å². The van der Waals surface area contributed by atoms with Gasteiger partial charge in [0.2, 0.25) is 76.8 Å². The third kappa shape index (κ3) is 27.5. The molecule has 4 rings (SSSR count). The monoisotopic (exact) mass is 1350 g/mol. The number of thioether (sulfide) groups is 1. The summed E-state index contributed by atoms with van der Waals surface area (Å²) in [6.45, 7) is 3.86. The van der Waals surface area contributed by atoms with Gasteiger partial charge in [-0.1, -0.05) is 74.5 Å². The van der Waals surface area contributed by atoms with Gasteiger partial charge >= 0.3 is 0 Å². The first kappa shape index (κ1) is 78.5. The second-order valence-corrected chi connectivity index (χ2v) is 25.1. The fraction of sp³-hybridized carbons (Fsp3) is 0.587. The first-order valence-corrected chi connectivity index (χ1v) is 33.6. The Morgan fingerprint density at radius 1 is 0.537 bits per heavy atom. The Balaban J connectivity index is 1.56. The van der Waals surface area contributed by atoms with Crippen LogP contribution in [0.25, 0.3) is 0 Å². The van der Waals surface area contributed by atoms with Gasteiger partial charge in [-0.3, -0.25) is 67.3 Å². The summed E-state index contributed by atoms with van der Waals surface area (Å²) in [5, 5.41) is 21.1. The van der Waals surface area contributed by atoms with Crippen LogP contribution in [-0.4, -0.2) is 198 Å². The number of hydrogen-bond donors (Lipinski definition) is 15. The molecule has 0 bridgehead atoms. The molecule has 0 unspecified atom stereocenters. The van der Waals surface area contributed by atoms with Crippen molar-refractivity contribution in [2.45, 2.75) is 183 Å². The lowest BCUT2D eigenvalue weighted by Gasteiger charge is -2.32. The average Bonchev–Trinajstić information content (AvgIpc) is 1.74. The number of guanidine groups is 1. The first-order chi connectivity index (χ1) is 45.2. The summed E-state index contributed by atoms with van der Waals surface area (Å²) < 4.78 is 0. The fourth-order valence-corrected chi connectivity index (χ4v) is 11.5. The smallest absolute Gasteiger partial charge is 0.245 e. The van der Waals surface area contributed by atoms with Crippen molar-refractivity contribution >= 4 is 94.5 Å². The topological polar surface area (TPSA) is 519 Å². The number of likely N-dealkylation sites (tertiary alicyclic amines) is 2. The van der Waals surface area contributed by atoms with Gasteiger partial charge in [0.05, 0.1) is 12.6 Å². The third-order valence-electron chi connectivity index (χ3n) is 16.0. The van der Waals surface area contributed by atoms with Crippen LogP contribution in [0, 0.1) is 5.92 Å². The molecule has 2 aliphatic rings. The SMILES string of the molecule is CSCC[C@H](NC(=O)[C@@H](CC(C)C)NC(=O)CNC(=O)[C@@H](Cc1ccccc1)NC(=O)[C@@H](Cc1ccccc1)NC(=O)[C@@H](CCC(N)=O)NC(=O)[C@H](CCC(N)=O)NC(=O)[C@H]1CCCN1C(=O)[C@H](CCCCN)NC(=O)[C@@H]1CCCN1C(=O)[C@@H](N)CCCN=C(N)N)C(N)=O. The van der Waals surface area contributed by atoms with Crippen molar-refractivity contribution in [3.05, 3.63) is 71.8 Å². The summed E-state index contributed by atoms with van der Waals surface area (Å²) in [5.74, 6) is -9.80. The number of rotatable bonds is 42. The number of nitrogens with one attached hydrogen (secondary N) is 8. The van der Waals surface area contributed by atoms with Gasteiger partial charge in [0.15, 0.2) is 5.96 Å². The maximum absolute atomic E-state index is 14.7. The number of carbonyl (C=O) groups is 13. The maximum Gasteiger partial charge on any atom is 0.245 e. The van der Waals surface area contributed by atoms with Gasteiger partial charge in [0.25, 0.3) is 0 Å². The van der Waals surface area contributed by atoms with E-state index in [1.807, 2.05) is 20.1 Å². The van der Waals surface area contributed by atoms with Gasteiger partial charge in [0.1, 0.15) is 54.4 Å². The van der Waals surface area contributed by atoms with Crippen LogP contribution in [0.2, 0.25) is 0 Å². The standard InChI is InChI=1S/C63H98N18O13S/c1-37(2)33-45(57(89)74-41(53(68)85)27-32-95-3)73-52(84)36-72-54(86)46(34-38-15-6-4-7-16-38)78-58(90)47(35-39-17-8-5-9-18-39)79-56(88)42(23-25-50(66)82)75-55(87)43(24-26-51(67)83)76-59(91)49-22-14-31-81(49)62(94)44(20-10-11-28-64)77-60(92)48-21-13-30-80(48)61(93)40(65)19-12-29-71-63(69)70/h4-9,15-18,37,40-49H,10-14,19-36,64-65H2,1-3H3,(H2,66,82)(H2,67,83)(H2,68,85)(H,72,86)(H,73,84)(H,74,89)(H,75,87)(H,76,91)(H,77,92)(H,78,90)(H,79,88)(H4,69,70,71)/t40-,41-,42+,43-,44-,45+,46+,47+,48-,49+/m0/s1. The minimum absolute atomic E-state index is 0.0736. The zero-order chi connectivity index (χ0) is 70.1. The molecule has 0 saturated carbocycles. The molecule has 2 fully saturated rings. The summed E-state index contributed by atoms with van der Waals surface area (Å²) in [4.78, 5) is 185. The fourth-order valence-electron chi connectivity index (χ4n) is 11.0. The van der Waals surface area contributed by atoms with E-state index in [0.29, 0.717) is 55.4 Å². The molecule has 0 spiro atoms. The molecule has 95 heavy (non-hydrogen) atoms. The van der Waals surface area contributed by atoms with Crippen molar-refractivity contribution < 1.29 is 62.3 Å². The van der Waals surface area contributed by atoms with Crippen molar-refractivity contribution in [3.63, 3.8) is 0 Å². The molecule has 10 atom stereocenters. The maximum atomic E-state index is 14.7. The zero-order valence-electron chi connectivity index (χ0n) is 54.5. The normalized spacial score (nSPS) is 16.8. The van der Waals surface area contributed by atoms with Gasteiger partial charge < -0.3 is 92.5 Å². The summed E-state index contributed by atoms with van der Waals surface area (Å²) in [6, 6.07) is 4.51. The van der Waals surface area contributed by atoms with E-state index in [-0.39, 0.29) is 83.0 Å². The van der Waals surface area contributed by atoms with Crippen LogP contribution in [0.15, 0.2) is 65.7 Å². The predicted octanol–water partition coefficient (Wildman–Crippen LogP) is -3.71. The summed E-state index contributed by atoms with van der Waals surface area (Å²) in [5.41, 5.74) is 40.6. The van der Waals surface area contributed by atoms with E-state index in [4.69, 9.17) is 40.1 Å². The Labute approximate surface area is 558 Å². The summed E-state index contributed by atoms with van der Waals surface area (Å²) >= 11 is 1.45. The van der Waals surface area contributed by atoms with Gasteiger partial charge in [-0.2, -0.15) is 11.8 Å². The molecular formula is C63H98N18O13S. The molecule has 0 aromatic heterocycles. The number of nitrogens with two attached hydrogens (primary N) is 7. The molecular weight excluding hydrogens is 1250 g/mol. The van der Waals surface area contributed by atoms with E-state index in [0.717, 1.165) is 0 Å². The number of carbonyl (C=O) groups excluding carboxylic acids is 13. The quantitative estimate of drug-likeness (QED) is 0.0173. The number of primary amides is 3. The molecule has 0 radical (unpaired) electrons. The number of nitrogens with zero attached hydrogens (tertiary/aromatic N) is 3. The van der Waals surface area contributed by atoms with Gasteiger partial charge in [0, 0.05) is 45.3 Å².